The normalized spacial score (nSPS) is 12.4. The summed E-state index contributed by atoms with van der Waals surface area (Å²) in [7, 11) is 0. The molecule has 1 atom stereocenters. The second-order valence-electron chi connectivity index (χ2n) is 3.28. The summed E-state index contributed by atoms with van der Waals surface area (Å²) < 4.78 is 0. The summed E-state index contributed by atoms with van der Waals surface area (Å²) in [5, 5.41) is 12.5. The van der Waals surface area contributed by atoms with E-state index in [1.54, 1.807) is 12.1 Å². The number of halogens is 1. The van der Waals surface area contributed by atoms with Crippen LogP contribution < -0.4 is 5.32 Å². The van der Waals surface area contributed by atoms with E-state index in [1.807, 2.05) is 19.1 Å². The molecule has 0 saturated heterocycles. The number of carboxylic acids is 1. The van der Waals surface area contributed by atoms with Crippen LogP contribution in [0.2, 0.25) is 5.02 Å². The Morgan fingerprint density at radius 2 is 2.33 bits per heavy atom. The van der Waals surface area contributed by atoms with Gasteiger partial charge in [0.25, 0.3) is 0 Å². The van der Waals surface area contributed by atoms with Crippen LogP contribution in [0.5, 0.6) is 0 Å². The van der Waals surface area contributed by atoms with Crippen LogP contribution in [-0.2, 0) is 11.2 Å². The van der Waals surface area contributed by atoms with Gasteiger partial charge in [-0.2, -0.15) is 0 Å². The summed E-state index contributed by atoms with van der Waals surface area (Å²) >= 11 is 5.82. The predicted octanol–water partition coefficient (Wildman–Crippen LogP) is 1.95. The molecule has 0 bridgehead atoms. The molecule has 2 N–H and O–H groups in total. The maximum Gasteiger partial charge on any atom is 0.321 e. The highest BCUT2D eigenvalue weighted by Gasteiger charge is 2.16. The molecular weight excluding hydrogens is 214 g/mol. The van der Waals surface area contributed by atoms with Gasteiger partial charge in [0.15, 0.2) is 0 Å². The fourth-order valence-corrected chi connectivity index (χ4v) is 1.61. The van der Waals surface area contributed by atoms with E-state index in [4.69, 9.17) is 16.7 Å². The highest BCUT2D eigenvalue weighted by atomic mass is 35.5. The summed E-state index contributed by atoms with van der Waals surface area (Å²) in [5.41, 5.74) is 0.927. The number of carboxylic acid groups (broad SMARTS) is 1. The van der Waals surface area contributed by atoms with Gasteiger partial charge in [-0.1, -0.05) is 30.7 Å². The van der Waals surface area contributed by atoms with Crippen molar-refractivity contribution in [3.8, 4) is 0 Å². The Labute approximate surface area is 94.1 Å². The van der Waals surface area contributed by atoms with Crippen molar-refractivity contribution >= 4 is 17.6 Å². The number of nitrogens with one attached hydrogen (secondary N) is 1. The average molecular weight is 228 g/mol. The molecule has 1 aromatic rings. The molecule has 0 heterocycles. The van der Waals surface area contributed by atoms with E-state index >= 15 is 0 Å². The summed E-state index contributed by atoms with van der Waals surface area (Å²) in [6, 6.07) is 6.71. The molecule has 0 aliphatic rings. The first-order valence-corrected chi connectivity index (χ1v) is 5.22. The van der Waals surface area contributed by atoms with Crippen molar-refractivity contribution in [3.63, 3.8) is 0 Å². The maximum atomic E-state index is 10.9. The van der Waals surface area contributed by atoms with Gasteiger partial charge in [-0.25, -0.2) is 0 Å². The third kappa shape index (κ3) is 3.90. The Hall–Kier alpha value is -1.06. The zero-order valence-electron chi connectivity index (χ0n) is 8.53. The van der Waals surface area contributed by atoms with Crippen molar-refractivity contribution < 1.29 is 9.90 Å². The van der Waals surface area contributed by atoms with E-state index in [2.05, 4.69) is 5.32 Å². The van der Waals surface area contributed by atoms with Gasteiger partial charge in [0.1, 0.15) is 6.04 Å². The molecule has 0 aliphatic carbocycles. The molecule has 0 spiro atoms. The lowest BCUT2D eigenvalue weighted by Crippen LogP contribution is -2.38. The minimum absolute atomic E-state index is 0.448. The average Bonchev–Trinajstić information content (AvgIpc) is 2.17. The minimum atomic E-state index is -0.836. The van der Waals surface area contributed by atoms with E-state index < -0.39 is 12.0 Å². The van der Waals surface area contributed by atoms with Gasteiger partial charge in [-0.3, -0.25) is 4.79 Å². The monoisotopic (exact) mass is 227 g/mol. The van der Waals surface area contributed by atoms with Gasteiger partial charge in [0.05, 0.1) is 0 Å². The number of carbonyl (C=O) groups is 1. The van der Waals surface area contributed by atoms with Crippen molar-refractivity contribution in [2.45, 2.75) is 19.4 Å². The highest BCUT2D eigenvalue weighted by Crippen LogP contribution is 2.12. The molecule has 4 heteroatoms. The molecule has 0 amide bonds. The molecule has 3 nitrogen and oxygen atoms in total. The minimum Gasteiger partial charge on any atom is -0.480 e. The summed E-state index contributed by atoms with van der Waals surface area (Å²) in [6.07, 6.45) is 0.448. The van der Waals surface area contributed by atoms with Crippen LogP contribution in [0.1, 0.15) is 12.5 Å². The van der Waals surface area contributed by atoms with Crippen LogP contribution in [-0.4, -0.2) is 23.7 Å². The van der Waals surface area contributed by atoms with Crippen LogP contribution in [0.15, 0.2) is 24.3 Å². The first-order valence-electron chi connectivity index (χ1n) is 4.84. The van der Waals surface area contributed by atoms with E-state index in [9.17, 15) is 4.79 Å². The lowest BCUT2D eigenvalue weighted by Gasteiger charge is -2.12. The van der Waals surface area contributed by atoms with Crippen LogP contribution in [0.3, 0.4) is 0 Å². The fraction of sp³-hybridized carbons (Fsp3) is 0.364. The quantitative estimate of drug-likeness (QED) is 0.809. The molecule has 1 aromatic carbocycles. The standard InChI is InChI=1S/C11H14ClNO2/c1-2-13-10(11(14)15)7-8-4-3-5-9(12)6-8/h3-6,10,13H,2,7H2,1H3,(H,14,15). The molecule has 0 saturated carbocycles. The molecule has 15 heavy (non-hydrogen) atoms. The maximum absolute atomic E-state index is 10.9. The van der Waals surface area contributed by atoms with Gasteiger partial charge < -0.3 is 10.4 Å². The second kappa shape index (κ2) is 5.73. The predicted molar refractivity (Wildman–Crippen MR) is 60.3 cm³/mol. The van der Waals surface area contributed by atoms with Crippen molar-refractivity contribution in [3.05, 3.63) is 34.9 Å². The molecule has 82 valence electrons. The first-order chi connectivity index (χ1) is 7.13. The molecule has 0 aliphatic heterocycles. The Bertz CT molecular complexity index is 341. The van der Waals surface area contributed by atoms with E-state index in [1.165, 1.54) is 0 Å². The summed E-state index contributed by atoms with van der Waals surface area (Å²) in [6.45, 7) is 2.52. The number of aliphatic carboxylic acids is 1. The number of hydrogen-bond acceptors (Lipinski definition) is 2. The van der Waals surface area contributed by atoms with Crippen LogP contribution in [0.4, 0.5) is 0 Å². The number of benzene rings is 1. The molecule has 1 unspecified atom stereocenters. The Morgan fingerprint density at radius 1 is 1.60 bits per heavy atom. The molecule has 0 radical (unpaired) electrons. The fourth-order valence-electron chi connectivity index (χ4n) is 1.39. The topological polar surface area (TPSA) is 49.3 Å². The van der Waals surface area contributed by atoms with Gasteiger partial charge in [-0.05, 0) is 30.7 Å². The smallest absolute Gasteiger partial charge is 0.321 e. The van der Waals surface area contributed by atoms with Gasteiger partial charge >= 0.3 is 5.97 Å². The Balaban J connectivity index is 2.69. The lowest BCUT2D eigenvalue weighted by atomic mass is 10.1. The third-order valence-corrected chi connectivity index (χ3v) is 2.31. The molecular formula is C11H14ClNO2. The van der Waals surface area contributed by atoms with Crippen LogP contribution in [0, 0.1) is 0 Å². The van der Waals surface area contributed by atoms with Gasteiger partial charge in [0, 0.05) is 5.02 Å². The van der Waals surface area contributed by atoms with Crippen LogP contribution >= 0.6 is 11.6 Å². The second-order valence-corrected chi connectivity index (χ2v) is 3.72. The zero-order chi connectivity index (χ0) is 11.3. The van der Waals surface area contributed by atoms with E-state index in [-0.39, 0.29) is 0 Å². The van der Waals surface area contributed by atoms with Crippen molar-refractivity contribution in [1.82, 2.24) is 5.32 Å². The SMILES string of the molecule is CCNC(Cc1cccc(Cl)c1)C(=O)O. The zero-order valence-corrected chi connectivity index (χ0v) is 9.29. The number of rotatable bonds is 5. The molecule has 0 aromatic heterocycles. The number of hydrogen-bond donors (Lipinski definition) is 2. The van der Waals surface area contributed by atoms with Crippen molar-refractivity contribution in [2.75, 3.05) is 6.54 Å². The molecule has 0 fully saturated rings. The van der Waals surface area contributed by atoms with Crippen molar-refractivity contribution in [2.24, 2.45) is 0 Å². The van der Waals surface area contributed by atoms with Crippen LogP contribution in [0.25, 0.3) is 0 Å². The first kappa shape index (κ1) is 12.0. The summed E-state index contributed by atoms with van der Waals surface area (Å²) in [4.78, 5) is 10.9. The van der Waals surface area contributed by atoms with E-state index in [0.717, 1.165) is 5.56 Å². The van der Waals surface area contributed by atoms with Crippen molar-refractivity contribution in [1.29, 1.82) is 0 Å². The Morgan fingerprint density at radius 3 is 2.87 bits per heavy atom. The Kier molecular flexibility index (Phi) is 4.59. The van der Waals surface area contributed by atoms with Gasteiger partial charge in [0.2, 0.25) is 0 Å². The third-order valence-electron chi connectivity index (χ3n) is 2.08. The van der Waals surface area contributed by atoms with Gasteiger partial charge in [-0.15, -0.1) is 0 Å². The molecule has 1 rings (SSSR count). The highest BCUT2D eigenvalue weighted by molar-refractivity contribution is 6.30. The lowest BCUT2D eigenvalue weighted by molar-refractivity contribution is -0.139. The van der Waals surface area contributed by atoms with E-state index in [0.29, 0.717) is 18.0 Å². The number of likely N-dealkylation sites (N-methyl/N-ethyl adjacent to an activating group) is 1. The summed E-state index contributed by atoms with van der Waals surface area (Å²) in [5.74, 6) is -0.836. The largest absolute Gasteiger partial charge is 0.480 e.